The first-order chi connectivity index (χ1) is 4.33. The number of rotatable bonds is 1. The normalized spacial score (nSPS) is 28.9. The van der Waals surface area contributed by atoms with Crippen LogP contribution in [-0.2, 0) is 4.79 Å². The summed E-state index contributed by atoms with van der Waals surface area (Å²) in [5.74, 6) is 0.981. The Kier molecular flexibility index (Phi) is 2.22. The lowest BCUT2D eigenvalue weighted by molar-refractivity contribution is -0.111. The summed E-state index contributed by atoms with van der Waals surface area (Å²) in [6, 6.07) is -0.182. The van der Waals surface area contributed by atoms with E-state index in [9.17, 15) is 9.70 Å². The zero-order valence-corrected chi connectivity index (χ0v) is 6.58. The minimum Gasteiger partial charge on any atom is -0.291 e. The summed E-state index contributed by atoms with van der Waals surface area (Å²) >= 11 is -0.446. The van der Waals surface area contributed by atoms with E-state index in [1.807, 2.05) is 0 Å². The van der Waals surface area contributed by atoms with E-state index in [0.29, 0.717) is 11.5 Å². The van der Waals surface area contributed by atoms with Gasteiger partial charge in [0.15, 0.2) is 5.12 Å². The van der Waals surface area contributed by atoms with E-state index in [1.165, 1.54) is 0 Å². The summed E-state index contributed by atoms with van der Waals surface area (Å²) in [7, 11) is 0. The van der Waals surface area contributed by atoms with Crippen LogP contribution in [0.3, 0.4) is 0 Å². The Morgan fingerprint density at radius 1 is 1.67 bits per heavy atom. The molecule has 1 heterocycles. The second-order valence-corrected chi connectivity index (χ2v) is 4.39. The molecule has 1 aliphatic rings. The molecule has 4 heteroatoms. The Morgan fingerprint density at radius 3 is 2.89 bits per heavy atom. The van der Waals surface area contributed by atoms with Crippen LogP contribution in [-0.4, -0.2) is 16.9 Å². The molecular formula is C5H11NO2S. The van der Waals surface area contributed by atoms with Crippen LogP contribution < -0.4 is 0 Å². The van der Waals surface area contributed by atoms with Crippen molar-refractivity contribution in [2.24, 2.45) is 5.18 Å². The first-order valence-corrected chi connectivity index (χ1v) is 4.88. The molecule has 1 atom stereocenters. The molecule has 1 rings (SSSR count). The van der Waals surface area contributed by atoms with Crippen molar-refractivity contribution >= 4 is 16.9 Å². The van der Waals surface area contributed by atoms with Gasteiger partial charge in [0.05, 0.1) is 0 Å². The van der Waals surface area contributed by atoms with Crippen LogP contribution in [0.25, 0.3) is 0 Å². The van der Waals surface area contributed by atoms with Gasteiger partial charge in [-0.25, -0.2) is 0 Å². The second-order valence-electron chi connectivity index (χ2n) is 2.39. The van der Waals surface area contributed by atoms with Crippen molar-refractivity contribution in [3.05, 3.63) is 4.91 Å². The van der Waals surface area contributed by atoms with Gasteiger partial charge in [0, 0.05) is 6.42 Å². The first kappa shape index (κ1) is 6.74. The number of hydrogen-bond donors (Lipinski definition) is 0. The average Bonchev–Trinajstić information content (AvgIpc) is 1.88. The minimum atomic E-state index is -0.446. The van der Waals surface area contributed by atoms with Crippen molar-refractivity contribution in [2.75, 3.05) is 5.75 Å². The summed E-state index contributed by atoms with van der Waals surface area (Å²) < 4.78 is 0. The summed E-state index contributed by atoms with van der Waals surface area (Å²) in [4.78, 5) is 20.6. The molecule has 0 amide bonds. The molecule has 0 N–H and O–H groups in total. The molecule has 9 heavy (non-hydrogen) atoms. The predicted molar refractivity (Wildman–Crippen MR) is 41.9 cm³/mol. The number of nitrogens with zero attached hydrogens (tertiary/aromatic N) is 1. The maximum Gasteiger partial charge on any atom is 0.153 e. The molecule has 0 aliphatic carbocycles. The van der Waals surface area contributed by atoms with Gasteiger partial charge >= 0.3 is 0 Å². The SMILES string of the molecule is O=NC1CC[SH4]C(=O)C1. The fourth-order valence-corrected chi connectivity index (χ4v) is 2.70. The minimum absolute atomic E-state index is 0.182. The summed E-state index contributed by atoms with van der Waals surface area (Å²) in [6.45, 7) is 0. The van der Waals surface area contributed by atoms with Crippen molar-refractivity contribution in [1.29, 1.82) is 0 Å². The second kappa shape index (κ2) is 2.96. The molecular weight excluding hydrogens is 138 g/mol. The molecule has 1 saturated heterocycles. The van der Waals surface area contributed by atoms with Crippen LogP contribution in [0.4, 0.5) is 0 Å². The first-order valence-electron chi connectivity index (χ1n) is 3.17. The Labute approximate surface area is 57.2 Å². The van der Waals surface area contributed by atoms with E-state index < -0.39 is 11.8 Å². The van der Waals surface area contributed by atoms with E-state index >= 15 is 0 Å². The fourth-order valence-electron chi connectivity index (χ4n) is 1.09. The van der Waals surface area contributed by atoms with Crippen LogP contribution in [0, 0.1) is 4.91 Å². The Balaban J connectivity index is 2.40. The summed E-state index contributed by atoms with van der Waals surface area (Å²) in [5, 5.41) is 3.17. The van der Waals surface area contributed by atoms with Crippen LogP contribution in [0.2, 0.25) is 0 Å². The van der Waals surface area contributed by atoms with Gasteiger partial charge in [-0.2, -0.15) is 4.91 Å². The zero-order valence-electron chi connectivity index (χ0n) is 5.17. The third-order valence-electron chi connectivity index (χ3n) is 1.61. The number of hydrogen-bond acceptors (Lipinski definition) is 3. The smallest absolute Gasteiger partial charge is 0.153 e. The molecule has 0 saturated carbocycles. The molecule has 1 aliphatic heterocycles. The molecule has 0 bridgehead atoms. The molecule has 1 fully saturated rings. The number of nitroso groups, excluding NO2 is 1. The average molecular weight is 149 g/mol. The lowest BCUT2D eigenvalue weighted by Gasteiger charge is -2.15. The van der Waals surface area contributed by atoms with Crippen molar-refractivity contribution in [3.63, 3.8) is 0 Å². The lowest BCUT2D eigenvalue weighted by atomic mass is 10.2. The molecule has 0 spiro atoms. The van der Waals surface area contributed by atoms with Crippen LogP contribution in [0.1, 0.15) is 12.8 Å². The quantitative estimate of drug-likeness (QED) is 0.496. The largest absolute Gasteiger partial charge is 0.291 e. The lowest BCUT2D eigenvalue weighted by Crippen LogP contribution is -2.15. The highest BCUT2D eigenvalue weighted by molar-refractivity contribution is 8.13. The molecule has 0 radical (unpaired) electrons. The van der Waals surface area contributed by atoms with Gasteiger partial charge in [-0.15, -0.1) is 0 Å². The van der Waals surface area contributed by atoms with Crippen molar-refractivity contribution in [1.82, 2.24) is 0 Å². The van der Waals surface area contributed by atoms with Crippen LogP contribution in [0.5, 0.6) is 0 Å². The Morgan fingerprint density at radius 2 is 2.44 bits per heavy atom. The highest BCUT2D eigenvalue weighted by Gasteiger charge is 2.17. The number of carbonyl (C=O) groups is 1. The van der Waals surface area contributed by atoms with E-state index in [2.05, 4.69) is 5.18 Å². The molecule has 1 unspecified atom stereocenters. The van der Waals surface area contributed by atoms with Gasteiger partial charge in [0.25, 0.3) is 0 Å². The summed E-state index contributed by atoms with van der Waals surface area (Å²) in [6.07, 6.45) is 1.30. The predicted octanol–water partition coefficient (Wildman–Crippen LogP) is 0.104. The molecule has 0 aromatic heterocycles. The van der Waals surface area contributed by atoms with Crippen LogP contribution >= 0.6 is 11.8 Å². The Hall–Kier alpha value is -0.380. The highest BCUT2D eigenvalue weighted by Crippen LogP contribution is 2.20. The molecule has 0 aromatic rings. The molecule has 54 valence electrons. The standard InChI is InChI=1S/C5H11NO2S/c7-5-3-4(6-8)1-2-9-5/h4H,1-3H2,9H4. The van der Waals surface area contributed by atoms with Gasteiger partial charge in [-0.05, 0) is 12.2 Å². The maximum absolute atomic E-state index is 10.7. The fraction of sp³-hybridized carbons (Fsp3) is 0.800. The van der Waals surface area contributed by atoms with Gasteiger partial charge in [-0.1, -0.05) is 5.18 Å². The maximum atomic E-state index is 10.7. The van der Waals surface area contributed by atoms with E-state index in [-0.39, 0.29) is 6.04 Å². The summed E-state index contributed by atoms with van der Waals surface area (Å²) in [5.41, 5.74) is 0. The van der Waals surface area contributed by atoms with E-state index in [1.54, 1.807) is 0 Å². The third kappa shape index (κ3) is 1.78. The van der Waals surface area contributed by atoms with E-state index in [4.69, 9.17) is 0 Å². The van der Waals surface area contributed by atoms with Crippen molar-refractivity contribution in [2.45, 2.75) is 18.9 Å². The van der Waals surface area contributed by atoms with Gasteiger partial charge in [0.1, 0.15) is 6.04 Å². The Bertz CT molecular complexity index is 137. The van der Waals surface area contributed by atoms with Crippen molar-refractivity contribution < 1.29 is 4.79 Å². The van der Waals surface area contributed by atoms with Crippen LogP contribution in [0.15, 0.2) is 5.18 Å². The topological polar surface area (TPSA) is 46.5 Å². The van der Waals surface area contributed by atoms with E-state index in [0.717, 1.165) is 12.2 Å². The molecule has 0 aromatic carbocycles. The van der Waals surface area contributed by atoms with Gasteiger partial charge in [-0.3, -0.25) is 16.6 Å². The zero-order chi connectivity index (χ0) is 6.69. The van der Waals surface area contributed by atoms with Gasteiger partial charge < -0.3 is 0 Å². The third-order valence-corrected chi connectivity index (χ3v) is 3.21. The monoisotopic (exact) mass is 149 g/mol. The number of carbonyl (C=O) groups excluding carboxylic acids is 1. The van der Waals surface area contributed by atoms with Gasteiger partial charge in [0.2, 0.25) is 0 Å². The highest BCUT2D eigenvalue weighted by atomic mass is 32.2. The molecule has 3 nitrogen and oxygen atoms in total. The van der Waals surface area contributed by atoms with Crippen molar-refractivity contribution in [3.8, 4) is 0 Å².